The normalized spacial score (nSPS) is 19.1. The molecule has 0 saturated heterocycles. The van der Waals surface area contributed by atoms with E-state index in [-0.39, 0.29) is 16.7 Å². The molecule has 0 radical (unpaired) electrons. The number of hydrogen-bond donors (Lipinski definition) is 1. The van der Waals surface area contributed by atoms with Crippen LogP contribution in [-0.2, 0) is 15.8 Å². The summed E-state index contributed by atoms with van der Waals surface area (Å²) in [4.78, 5) is 13.0. The van der Waals surface area contributed by atoms with Crippen LogP contribution in [0.5, 0.6) is 5.75 Å². The molecule has 1 heterocycles. The summed E-state index contributed by atoms with van der Waals surface area (Å²) >= 11 is 2.19. The molecule has 2 rings (SSSR count). The van der Waals surface area contributed by atoms with Crippen LogP contribution < -0.4 is 10.1 Å². The topological polar surface area (TPSA) is 58.6 Å². The van der Waals surface area contributed by atoms with Crippen molar-refractivity contribution in [3.05, 3.63) is 33.4 Å². The third-order valence-electron chi connectivity index (χ3n) is 4.31. The van der Waals surface area contributed by atoms with Crippen molar-refractivity contribution in [2.24, 2.45) is 5.92 Å². The fourth-order valence-corrected chi connectivity index (χ4v) is 4.81. The van der Waals surface area contributed by atoms with Gasteiger partial charge in [0.1, 0.15) is 16.7 Å². The molecule has 1 aliphatic rings. The predicted octanol–water partition coefficient (Wildman–Crippen LogP) is 4.36. The van der Waals surface area contributed by atoms with E-state index in [1.807, 2.05) is 49.4 Å². The Kier molecular flexibility index (Phi) is 7.49. The average Bonchev–Trinajstić information content (AvgIpc) is 2.97. The zero-order valence-electron chi connectivity index (χ0n) is 16.8. The third kappa shape index (κ3) is 5.54. The van der Waals surface area contributed by atoms with E-state index >= 15 is 0 Å². The van der Waals surface area contributed by atoms with Gasteiger partial charge in [-0.15, -0.1) is 0 Å². The first-order valence-electron chi connectivity index (χ1n) is 9.08. The summed E-state index contributed by atoms with van der Waals surface area (Å²) in [5.74, 6) is 0.946. The summed E-state index contributed by atoms with van der Waals surface area (Å²) in [5.41, 5.74) is 1.42. The molecule has 1 aliphatic heterocycles. The molecule has 0 aliphatic carbocycles. The van der Waals surface area contributed by atoms with E-state index in [0.29, 0.717) is 23.8 Å². The van der Waals surface area contributed by atoms with Crippen molar-refractivity contribution in [2.75, 3.05) is 19.0 Å². The van der Waals surface area contributed by atoms with Gasteiger partial charge in [0.25, 0.3) is 5.91 Å². The highest BCUT2D eigenvalue weighted by Crippen LogP contribution is 2.31. The fraction of sp³-hybridized carbons (Fsp3) is 0.550. The minimum atomic E-state index is -1.17. The van der Waals surface area contributed by atoms with Crippen LogP contribution in [0.15, 0.2) is 29.8 Å². The molecule has 1 amide bonds. The summed E-state index contributed by atoms with van der Waals surface area (Å²) < 4.78 is 20.8. The number of ether oxygens (including phenoxy) is 1. The number of amides is 1. The molecule has 0 bridgehead atoms. The first-order valence-corrected chi connectivity index (χ1v) is 11.3. The van der Waals surface area contributed by atoms with Gasteiger partial charge in [0.05, 0.1) is 23.6 Å². The lowest BCUT2D eigenvalue weighted by Gasteiger charge is -2.32. The number of nitrogens with zero attached hydrogens (tertiary/aromatic N) is 1. The quantitative estimate of drug-likeness (QED) is 0.586. The smallest absolute Gasteiger partial charge is 0.252 e. The van der Waals surface area contributed by atoms with Crippen LogP contribution in [0.2, 0.25) is 0 Å². The Hall–Kier alpha value is -0.930. The van der Waals surface area contributed by atoms with Crippen LogP contribution in [0.4, 0.5) is 5.69 Å². The maximum Gasteiger partial charge on any atom is 0.252 e. The van der Waals surface area contributed by atoms with Gasteiger partial charge >= 0.3 is 0 Å². The summed E-state index contributed by atoms with van der Waals surface area (Å²) in [5, 5.41) is 3.01. The van der Waals surface area contributed by atoms with Crippen LogP contribution in [0.1, 0.15) is 41.0 Å². The number of halogens is 1. The maximum atomic E-state index is 13.0. The van der Waals surface area contributed by atoms with Crippen molar-refractivity contribution < 1.29 is 13.7 Å². The largest absolute Gasteiger partial charge is 0.497 e. The summed E-state index contributed by atoms with van der Waals surface area (Å²) in [7, 11) is 0.430. The standard InChI is InChI=1S/C20H29IN2O3S/c1-13(2)11-18-15(9-10-23(18)27(25)20(3,4)5)19(24)22-17-12-14(26-6)7-8-16(17)21/h7-9,12-13,18H,10-11H2,1-6H3,(H,22,24)/t18-,27-/m0/s1. The Bertz CT molecular complexity index is 756. The molecule has 27 heavy (non-hydrogen) atoms. The average molecular weight is 504 g/mol. The Morgan fingerprint density at radius 1 is 1.41 bits per heavy atom. The van der Waals surface area contributed by atoms with Crippen LogP contribution in [0.25, 0.3) is 0 Å². The van der Waals surface area contributed by atoms with Gasteiger partial charge in [-0.2, -0.15) is 0 Å². The van der Waals surface area contributed by atoms with Crippen molar-refractivity contribution in [1.82, 2.24) is 4.31 Å². The molecule has 0 spiro atoms. The minimum Gasteiger partial charge on any atom is -0.497 e. The first-order chi connectivity index (χ1) is 12.5. The SMILES string of the molecule is COc1ccc(I)c(NC(=O)C2=CCN([S@@](=O)C(C)(C)C)[C@H]2CC(C)C)c1. The van der Waals surface area contributed by atoms with E-state index in [0.717, 1.165) is 15.7 Å². The van der Waals surface area contributed by atoms with Crippen LogP contribution in [-0.4, -0.2) is 38.9 Å². The Labute approximate surface area is 178 Å². The van der Waals surface area contributed by atoms with E-state index in [1.165, 1.54) is 0 Å². The molecule has 0 saturated carbocycles. The zero-order valence-corrected chi connectivity index (χ0v) is 19.8. The lowest BCUT2D eigenvalue weighted by atomic mass is 9.98. The molecule has 150 valence electrons. The van der Waals surface area contributed by atoms with E-state index < -0.39 is 11.0 Å². The second-order valence-corrected chi connectivity index (χ2v) is 11.4. The van der Waals surface area contributed by atoms with Gasteiger partial charge in [-0.3, -0.25) is 4.79 Å². The van der Waals surface area contributed by atoms with Crippen molar-refractivity contribution in [2.45, 2.75) is 51.8 Å². The van der Waals surface area contributed by atoms with E-state index in [4.69, 9.17) is 4.74 Å². The number of hydrogen-bond acceptors (Lipinski definition) is 3. The van der Waals surface area contributed by atoms with Gasteiger partial charge in [0, 0.05) is 21.8 Å². The summed E-state index contributed by atoms with van der Waals surface area (Å²) in [6.45, 7) is 10.7. The van der Waals surface area contributed by atoms with Crippen molar-refractivity contribution >= 4 is 45.2 Å². The van der Waals surface area contributed by atoms with Gasteiger partial charge in [0.2, 0.25) is 0 Å². The van der Waals surface area contributed by atoms with E-state index in [2.05, 4.69) is 41.8 Å². The summed E-state index contributed by atoms with van der Waals surface area (Å²) in [6.07, 6.45) is 2.70. The Balaban J connectivity index is 2.25. The lowest BCUT2D eigenvalue weighted by Crippen LogP contribution is -2.43. The van der Waals surface area contributed by atoms with E-state index in [1.54, 1.807) is 7.11 Å². The van der Waals surface area contributed by atoms with Crippen molar-refractivity contribution in [3.8, 4) is 5.75 Å². The zero-order chi connectivity index (χ0) is 20.4. The number of anilines is 1. The Morgan fingerprint density at radius 3 is 2.63 bits per heavy atom. The second-order valence-electron chi connectivity index (χ2n) is 8.07. The molecule has 1 aromatic rings. The number of nitrogens with one attached hydrogen (secondary N) is 1. The number of carbonyl (C=O) groups is 1. The van der Waals surface area contributed by atoms with Gasteiger partial charge in [-0.05, 0) is 67.8 Å². The molecule has 0 aromatic heterocycles. The highest BCUT2D eigenvalue weighted by atomic mass is 127. The minimum absolute atomic E-state index is 0.139. The Morgan fingerprint density at radius 2 is 2.07 bits per heavy atom. The molecule has 0 fully saturated rings. The van der Waals surface area contributed by atoms with Crippen LogP contribution >= 0.6 is 22.6 Å². The highest BCUT2D eigenvalue weighted by Gasteiger charge is 2.38. The predicted molar refractivity (Wildman–Crippen MR) is 120 cm³/mol. The maximum absolute atomic E-state index is 13.0. The molecule has 1 N–H and O–H groups in total. The number of methoxy groups -OCH3 is 1. The van der Waals surface area contributed by atoms with Crippen molar-refractivity contribution in [3.63, 3.8) is 0 Å². The van der Waals surface area contributed by atoms with Crippen molar-refractivity contribution in [1.29, 1.82) is 0 Å². The molecule has 7 heteroatoms. The highest BCUT2D eigenvalue weighted by molar-refractivity contribution is 14.1. The molecule has 1 aromatic carbocycles. The van der Waals surface area contributed by atoms with Gasteiger partial charge in [-0.25, -0.2) is 8.51 Å². The van der Waals surface area contributed by atoms with Gasteiger partial charge < -0.3 is 10.1 Å². The third-order valence-corrected chi connectivity index (χ3v) is 7.13. The molecule has 0 unspecified atom stereocenters. The van der Waals surface area contributed by atoms with Gasteiger partial charge in [0.15, 0.2) is 0 Å². The molecular formula is C20H29IN2O3S. The van der Waals surface area contributed by atoms with Gasteiger partial charge in [-0.1, -0.05) is 19.9 Å². The fourth-order valence-electron chi connectivity index (χ4n) is 3.00. The molecule has 5 nitrogen and oxygen atoms in total. The first kappa shape index (κ1) is 22.4. The van der Waals surface area contributed by atoms with Crippen LogP contribution in [0, 0.1) is 9.49 Å². The number of benzene rings is 1. The number of carbonyl (C=O) groups excluding carboxylic acids is 1. The number of rotatable bonds is 6. The molecular weight excluding hydrogens is 475 g/mol. The second kappa shape index (κ2) is 9.05. The summed E-state index contributed by atoms with van der Waals surface area (Å²) in [6, 6.07) is 5.44. The van der Waals surface area contributed by atoms with Crippen LogP contribution in [0.3, 0.4) is 0 Å². The lowest BCUT2D eigenvalue weighted by molar-refractivity contribution is -0.113. The van der Waals surface area contributed by atoms with E-state index in [9.17, 15) is 9.00 Å². The monoisotopic (exact) mass is 504 g/mol. The molecule has 2 atom stereocenters.